The summed E-state index contributed by atoms with van der Waals surface area (Å²) in [6, 6.07) is 5.89. The van der Waals surface area contributed by atoms with Gasteiger partial charge in [0.2, 0.25) is 17.6 Å². The molecule has 2 aromatic heterocycles. The quantitative estimate of drug-likeness (QED) is 0.590. The van der Waals surface area contributed by atoms with Crippen molar-refractivity contribution in [2.24, 2.45) is 0 Å². The topological polar surface area (TPSA) is 94.2 Å². The van der Waals surface area contributed by atoms with Crippen LogP contribution in [0, 0.1) is 5.82 Å². The summed E-state index contributed by atoms with van der Waals surface area (Å²) in [5.74, 6) is 1.14. The minimum absolute atomic E-state index is 0.00246. The number of likely N-dealkylation sites (tertiary alicyclic amines) is 1. The summed E-state index contributed by atoms with van der Waals surface area (Å²) in [6.07, 6.45) is 4.85. The lowest BCUT2D eigenvalue weighted by atomic mass is 10.00. The van der Waals surface area contributed by atoms with Gasteiger partial charge in [0.25, 0.3) is 0 Å². The Balaban J connectivity index is 1.37. The molecule has 0 aliphatic carbocycles. The second-order valence-electron chi connectivity index (χ2n) is 7.07. The Morgan fingerprint density at radius 2 is 2.30 bits per heavy atom. The maximum absolute atomic E-state index is 13.2. The Morgan fingerprint density at radius 3 is 3.10 bits per heavy atom. The first kappa shape index (κ1) is 19.9. The largest absolute Gasteiger partial charge is 0.493 e. The number of hydrogen-bond acceptors (Lipinski definition) is 7. The van der Waals surface area contributed by atoms with Gasteiger partial charge in [-0.25, -0.2) is 14.4 Å². The fourth-order valence-corrected chi connectivity index (χ4v) is 3.53. The summed E-state index contributed by atoms with van der Waals surface area (Å²) in [5.41, 5.74) is 1.55. The molecule has 3 heterocycles. The third kappa shape index (κ3) is 4.45. The van der Waals surface area contributed by atoms with Crippen molar-refractivity contribution in [2.75, 3.05) is 19.7 Å². The van der Waals surface area contributed by atoms with Gasteiger partial charge in [-0.2, -0.15) is 4.98 Å². The van der Waals surface area contributed by atoms with Crippen LogP contribution < -0.4 is 4.74 Å². The number of amides is 1. The normalized spacial score (nSPS) is 16.1. The molecule has 0 N–H and O–H groups in total. The SMILES string of the molecule is CCc1nc(-c2cncnc2C2CCN(C(=O)CCOc3cccc(F)c3)C2)no1. The van der Waals surface area contributed by atoms with Crippen molar-refractivity contribution >= 4 is 5.91 Å². The van der Waals surface area contributed by atoms with E-state index in [1.54, 1.807) is 23.2 Å². The lowest BCUT2D eigenvalue weighted by Gasteiger charge is -2.17. The van der Waals surface area contributed by atoms with Crippen molar-refractivity contribution in [3.8, 4) is 17.1 Å². The zero-order valence-corrected chi connectivity index (χ0v) is 16.6. The van der Waals surface area contributed by atoms with E-state index in [-0.39, 0.29) is 30.7 Å². The van der Waals surface area contributed by atoms with Gasteiger partial charge in [0.1, 0.15) is 17.9 Å². The zero-order valence-electron chi connectivity index (χ0n) is 16.6. The predicted molar refractivity (Wildman–Crippen MR) is 105 cm³/mol. The number of carbonyl (C=O) groups is 1. The van der Waals surface area contributed by atoms with Crippen molar-refractivity contribution in [1.29, 1.82) is 0 Å². The van der Waals surface area contributed by atoms with Crippen molar-refractivity contribution in [1.82, 2.24) is 25.0 Å². The molecular formula is C21H22FN5O3. The molecule has 0 bridgehead atoms. The van der Waals surface area contributed by atoms with Crippen molar-refractivity contribution in [3.63, 3.8) is 0 Å². The first-order valence-corrected chi connectivity index (χ1v) is 9.93. The van der Waals surface area contributed by atoms with Gasteiger partial charge in [0, 0.05) is 37.7 Å². The molecule has 0 radical (unpaired) electrons. The van der Waals surface area contributed by atoms with Crippen molar-refractivity contribution in [3.05, 3.63) is 54.2 Å². The molecule has 8 nitrogen and oxygen atoms in total. The predicted octanol–water partition coefficient (Wildman–Crippen LogP) is 3.01. The number of carbonyl (C=O) groups excluding carboxylic acids is 1. The van der Waals surface area contributed by atoms with Gasteiger partial charge >= 0.3 is 0 Å². The molecule has 3 aromatic rings. The first-order chi connectivity index (χ1) is 14.6. The zero-order chi connectivity index (χ0) is 20.9. The number of nitrogens with zero attached hydrogens (tertiary/aromatic N) is 5. The lowest BCUT2D eigenvalue weighted by molar-refractivity contribution is -0.130. The molecule has 0 spiro atoms. The standard InChI is InChI=1S/C21H22FN5O3/c1-2-18-25-21(26-30-18)17-11-23-13-24-20(17)14-6-8-27(12-14)19(28)7-9-29-16-5-3-4-15(22)10-16/h3-5,10-11,13-14H,2,6-9,12H2,1H3. The third-order valence-electron chi connectivity index (χ3n) is 5.06. The lowest BCUT2D eigenvalue weighted by Crippen LogP contribution is -2.29. The molecule has 1 saturated heterocycles. The Labute approximate surface area is 173 Å². The van der Waals surface area contributed by atoms with E-state index < -0.39 is 0 Å². The van der Waals surface area contributed by atoms with Crippen molar-refractivity contribution in [2.45, 2.75) is 32.1 Å². The third-order valence-corrected chi connectivity index (χ3v) is 5.06. The van der Waals surface area contributed by atoms with Crippen molar-refractivity contribution < 1.29 is 18.4 Å². The van der Waals surface area contributed by atoms with Gasteiger partial charge in [-0.05, 0) is 18.6 Å². The van der Waals surface area contributed by atoms with Gasteiger partial charge < -0.3 is 14.2 Å². The highest BCUT2D eigenvalue weighted by molar-refractivity contribution is 5.76. The van der Waals surface area contributed by atoms with E-state index in [1.807, 2.05) is 6.92 Å². The summed E-state index contributed by atoms with van der Waals surface area (Å²) >= 11 is 0. The van der Waals surface area contributed by atoms with E-state index in [0.717, 1.165) is 17.7 Å². The fraction of sp³-hybridized carbons (Fsp3) is 0.381. The van der Waals surface area contributed by atoms with Crippen LogP contribution in [0.4, 0.5) is 4.39 Å². The van der Waals surface area contributed by atoms with Gasteiger partial charge in [0.05, 0.1) is 24.3 Å². The van der Waals surface area contributed by atoms with Gasteiger partial charge in [-0.15, -0.1) is 0 Å². The molecule has 30 heavy (non-hydrogen) atoms. The summed E-state index contributed by atoms with van der Waals surface area (Å²) < 4.78 is 23.9. The van der Waals surface area contributed by atoms with E-state index in [0.29, 0.717) is 37.0 Å². The second kappa shape index (κ2) is 8.98. The maximum atomic E-state index is 13.2. The van der Waals surface area contributed by atoms with Crippen LogP contribution in [0.3, 0.4) is 0 Å². The van der Waals surface area contributed by atoms with Crippen LogP contribution in [0.5, 0.6) is 5.75 Å². The maximum Gasteiger partial charge on any atom is 0.226 e. The molecule has 1 atom stereocenters. The summed E-state index contributed by atoms with van der Waals surface area (Å²) in [7, 11) is 0. The van der Waals surface area contributed by atoms with E-state index in [2.05, 4.69) is 20.1 Å². The average Bonchev–Trinajstić information content (AvgIpc) is 3.44. The van der Waals surface area contributed by atoms with Crippen LogP contribution in [0.2, 0.25) is 0 Å². The number of hydrogen-bond donors (Lipinski definition) is 0. The van der Waals surface area contributed by atoms with E-state index >= 15 is 0 Å². The smallest absolute Gasteiger partial charge is 0.226 e. The Bertz CT molecular complexity index is 1030. The molecule has 9 heteroatoms. The molecule has 1 unspecified atom stereocenters. The summed E-state index contributed by atoms with van der Waals surface area (Å²) in [5, 5.41) is 4.03. The summed E-state index contributed by atoms with van der Waals surface area (Å²) in [6.45, 7) is 3.34. The van der Waals surface area contributed by atoms with Crippen LogP contribution in [0.25, 0.3) is 11.4 Å². The Kier molecular flexibility index (Phi) is 5.97. The minimum atomic E-state index is -0.366. The number of rotatable bonds is 7. The van der Waals surface area contributed by atoms with E-state index in [1.165, 1.54) is 18.5 Å². The van der Waals surface area contributed by atoms with Crippen LogP contribution in [0.1, 0.15) is 37.3 Å². The minimum Gasteiger partial charge on any atom is -0.493 e. The van der Waals surface area contributed by atoms with Gasteiger partial charge in [-0.1, -0.05) is 18.1 Å². The molecule has 1 fully saturated rings. The molecule has 1 amide bonds. The molecule has 4 rings (SSSR count). The number of ether oxygens (including phenoxy) is 1. The highest BCUT2D eigenvalue weighted by Gasteiger charge is 2.30. The number of benzene rings is 1. The number of aromatic nitrogens is 4. The Hall–Kier alpha value is -3.36. The molecular weight excluding hydrogens is 389 g/mol. The van der Waals surface area contributed by atoms with Gasteiger partial charge in [0.15, 0.2) is 0 Å². The van der Waals surface area contributed by atoms with Crippen LogP contribution >= 0.6 is 0 Å². The fourth-order valence-electron chi connectivity index (χ4n) is 3.53. The Morgan fingerprint density at radius 1 is 1.40 bits per heavy atom. The van der Waals surface area contributed by atoms with Gasteiger partial charge in [-0.3, -0.25) is 4.79 Å². The first-order valence-electron chi connectivity index (χ1n) is 9.93. The summed E-state index contributed by atoms with van der Waals surface area (Å²) in [4.78, 5) is 27.3. The molecule has 1 aromatic carbocycles. The second-order valence-corrected chi connectivity index (χ2v) is 7.07. The number of halogens is 1. The molecule has 1 aliphatic heterocycles. The van der Waals surface area contributed by atoms with E-state index in [9.17, 15) is 9.18 Å². The van der Waals surface area contributed by atoms with Crippen LogP contribution in [-0.2, 0) is 11.2 Å². The molecule has 156 valence electrons. The van der Waals surface area contributed by atoms with E-state index in [4.69, 9.17) is 9.26 Å². The molecule has 0 saturated carbocycles. The average molecular weight is 411 g/mol. The monoisotopic (exact) mass is 411 g/mol. The van der Waals surface area contributed by atoms with Crippen LogP contribution in [-0.4, -0.2) is 50.6 Å². The van der Waals surface area contributed by atoms with Crippen LogP contribution in [0.15, 0.2) is 41.3 Å². The highest BCUT2D eigenvalue weighted by atomic mass is 19.1. The molecule has 1 aliphatic rings. The highest BCUT2D eigenvalue weighted by Crippen LogP contribution is 2.32. The number of aryl methyl sites for hydroxylation is 1.